The molecule has 1 N–H and O–H groups in total. The number of sulfonamides is 1. The minimum atomic E-state index is -3.41. The van der Waals surface area contributed by atoms with Gasteiger partial charge in [0.1, 0.15) is 12.0 Å². The van der Waals surface area contributed by atoms with Gasteiger partial charge in [-0.05, 0) is 19.1 Å². The summed E-state index contributed by atoms with van der Waals surface area (Å²) in [6, 6.07) is 7.43. The van der Waals surface area contributed by atoms with Crippen LogP contribution >= 0.6 is 24.0 Å². The summed E-state index contributed by atoms with van der Waals surface area (Å²) < 4.78 is 31.3. The van der Waals surface area contributed by atoms with Crippen LogP contribution < -0.4 is 5.32 Å². The van der Waals surface area contributed by atoms with Crippen LogP contribution in [0.1, 0.15) is 18.3 Å². The molecule has 1 aliphatic rings. The summed E-state index contributed by atoms with van der Waals surface area (Å²) in [6.45, 7) is 5.43. The van der Waals surface area contributed by atoms with E-state index in [4.69, 9.17) is 4.52 Å². The number of guanidine groups is 1. The Hall–Kier alpha value is -1.73. The van der Waals surface area contributed by atoms with E-state index in [-0.39, 0.29) is 29.7 Å². The van der Waals surface area contributed by atoms with Crippen molar-refractivity contribution in [2.24, 2.45) is 4.99 Å². The summed E-state index contributed by atoms with van der Waals surface area (Å²) >= 11 is 0. The summed E-state index contributed by atoms with van der Waals surface area (Å²) in [5.74, 6) is 0.675. The van der Waals surface area contributed by atoms with Crippen molar-refractivity contribution < 1.29 is 12.9 Å². The number of rotatable bonds is 7. The molecule has 0 atom stereocenters. The van der Waals surface area contributed by atoms with E-state index in [0.29, 0.717) is 38.4 Å². The normalized spacial score (nSPS) is 15.8. The lowest BCUT2D eigenvalue weighted by Gasteiger charge is -2.35. The van der Waals surface area contributed by atoms with E-state index >= 15 is 0 Å². The smallest absolute Gasteiger partial charge is 0.220 e. The van der Waals surface area contributed by atoms with Gasteiger partial charge in [0, 0.05) is 63.6 Å². The van der Waals surface area contributed by atoms with Crippen LogP contribution in [0.15, 0.2) is 46.2 Å². The molecule has 0 radical (unpaired) electrons. The molecule has 9 nitrogen and oxygen atoms in total. The van der Waals surface area contributed by atoms with E-state index in [9.17, 15) is 8.42 Å². The monoisotopic (exact) mass is 534 g/mol. The largest absolute Gasteiger partial charge is 0.364 e. The van der Waals surface area contributed by atoms with Crippen LogP contribution in [0.3, 0.4) is 0 Å². The Morgan fingerprint density at radius 1 is 1.21 bits per heavy atom. The Kier molecular flexibility index (Phi) is 9.30. The van der Waals surface area contributed by atoms with Crippen molar-refractivity contribution in [1.29, 1.82) is 0 Å². The molecule has 2 aromatic heterocycles. The topological polar surface area (TPSA) is 104 Å². The van der Waals surface area contributed by atoms with Gasteiger partial charge in [0.2, 0.25) is 10.0 Å². The maximum atomic E-state index is 12.6. The molecule has 0 spiro atoms. The van der Waals surface area contributed by atoms with Gasteiger partial charge in [-0.2, -0.15) is 4.31 Å². The van der Waals surface area contributed by atoms with Crippen LogP contribution in [0.25, 0.3) is 0 Å². The molecule has 0 unspecified atom stereocenters. The first-order chi connectivity index (χ1) is 13.6. The second kappa shape index (κ2) is 11.5. The molecule has 29 heavy (non-hydrogen) atoms. The summed E-state index contributed by atoms with van der Waals surface area (Å²) in [5, 5.41) is 6.99. The summed E-state index contributed by atoms with van der Waals surface area (Å²) in [7, 11) is -3.41. The molecular weight excluding hydrogens is 507 g/mol. The van der Waals surface area contributed by atoms with Gasteiger partial charge < -0.3 is 14.7 Å². The Morgan fingerprint density at radius 2 is 2.00 bits per heavy atom. The Labute approximate surface area is 188 Å². The van der Waals surface area contributed by atoms with Crippen molar-refractivity contribution >= 4 is 40.0 Å². The van der Waals surface area contributed by atoms with E-state index in [1.165, 1.54) is 10.6 Å². The molecule has 0 bridgehead atoms. The zero-order valence-electron chi connectivity index (χ0n) is 16.4. The van der Waals surface area contributed by atoms with Gasteiger partial charge in [0.25, 0.3) is 0 Å². The fraction of sp³-hybridized carbons (Fsp3) is 0.500. The molecule has 1 saturated heterocycles. The van der Waals surface area contributed by atoms with Crippen LogP contribution in [0.5, 0.6) is 0 Å². The number of aliphatic imine (C=N–C) groups is 1. The first-order valence-electron chi connectivity index (χ1n) is 9.39. The zero-order valence-corrected chi connectivity index (χ0v) is 19.5. The Morgan fingerprint density at radius 3 is 2.62 bits per heavy atom. The lowest BCUT2D eigenvalue weighted by Crippen LogP contribution is -2.54. The molecule has 0 aromatic carbocycles. The van der Waals surface area contributed by atoms with E-state index in [1.807, 2.05) is 25.1 Å². The molecule has 160 valence electrons. The first-order valence-corrected chi connectivity index (χ1v) is 11.0. The number of nitrogens with zero attached hydrogens (tertiary/aromatic N) is 5. The fourth-order valence-electron chi connectivity index (χ4n) is 3.02. The number of piperazine rings is 1. The van der Waals surface area contributed by atoms with Crippen LogP contribution in [-0.2, 0) is 22.2 Å². The molecule has 11 heteroatoms. The number of pyridine rings is 1. The van der Waals surface area contributed by atoms with Crippen molar-refractivity contribution in [2.75, 3.05) is 39.3 Å². The second-order valence-electron chi connectivity index (χ2n) is 6.44. The molecule has 0 saturated carbocycles. The summed E-state index contributed by atoms with van der Waals surface area (Å²) in [5.41, 5.74) is 1.43. The molecule has 0 aliphatic carbocycles. The average molecular weight is 534 g/mol. The highest BCUT2D eigenvalue weighted by Gasteiger charge is 2.28. The van der Waals surface area contributed by atoms with Crippen molar-refractivity contribution in [3.8, 4) is 0 Å². The van der Waals surface area contributed by atoms with E-state index in [2.05, 4.69) is 25.3 Å². The third kappa shape index (κ3) is 6.93. The Bertz CT molecular complexity index is 853. The first kappa shape index (κ1) is 23.5. The zero-order chi connectivity index (χ0) is 19.8. The lowest BCUT2D eigenvalue weighted by atomic mass is 10.3. The summed E-state index contributed by atoms with van der Waals surface area (Å²) in [4.78, 5) is 11.1. The van der Waals surface area contributed by atoms with Gasteiger partial charge >= 0.3 is 0 Å². The second-order valence-corrected chi connectivity index (χ2v) is 8.41. The minimum absolute atomic E-state index is 0. The number of hydrogen-bond acceptors (Lipinski definition) is 6. The van der Waals surface area contributed by atoms with Gasteiger partial charge in [0.15, 0.2) is 5.96 Å². The number of hydrogen-bond donors (Lipinski definition) is 1. The third-order valence-corrected chi connectivity index (χ3v) is 6.26. The van der Waals surface area contributed by atoms with E-state index in [0.717, 1.165) is 24.6 Å². The maximum absolute atomic E-state index is 12.6. The van der Waals surface area contributed by atoms with Crippen molar-refractivity contribution in [1.82, 2.24) is 24.7 Å². The molecular formula is C18H27IN6O3S. The number of aromatic nitrogens is 2. The van der Waals surface area contributed by atoms with Gasteiger partial charge in [0.05, 0.1) is 5.69 Å². The van der Waals surface area contributed by atoms with Gasteiger partial charge in [-0.3, -0.25) is 9.98 Å². The van der Waals surface area contributed by atoms with E-state index < -0.39 is 10.0 Å². The molecule has 3 rings (SSSR count). The highest BCUT2D eigenvalue weighted by atomic mass is 127. The highest BCUT2D eigenvalue weighted by Crippen LogP contribution is 2.13. The minimum Gasteiger partial charge on any atom is -0.364 e. The maximum Gasteiger partial charge on any atom is 0.220 e. The van der Waals surface area contributed by atoms with Crippen LogP contribution in [0, 0.1) is 0 Å². The van der Waals surface area contributed by atoms with Crippen LogP contribution in [0.2, 0.25) is 0 Å². The quantitative estimate of drug-likeness (QED) is 0.325. The van der Waals surface area contributed by atoms with Gasteiger partial charge in [-0.15, -0.1) is 24.0 Å². The van der Waals surface area contributed by atoms with Crippen LogP contribution in [0.4, 0.5) is 0 Å². The van der Waals surface area contributed by atoms with Gasteiger partial charge in [-0.25, -0.2) is 8.42 Å². The highest BCUT2D eigenvalue weighted by molar-refractivity contribution is 14.0. The van der Waals surface area contributed by atoms with Crippen molar-refractivity contribution in [3.63, 3.8) is 0 Å². The molecule has 1 aliphatic heterocycles. The SMILES string of the molecule is CCNC(=NCCc1ccccn1)N1CCN(S(=O)(=O)Cc2ccon2)CC1.I. The number of nitrogens with one attached hydrogen (secondary N) is 1. The van der Waals surface area contributed by atoms with Crippen molar-refractivity contribution in [2.45, 2.75) is 19.1 Å². The fourth-order valence-corrected chi connectivity index (χ4v) is 4.44. The van der Waals surface area contributed by atoms with E-state index in [1.54, 1.807) is 12.3 Å². The lowest BCUT2D eigenvalue weighted by molar-refractivity contribution is 0.260. The standard InChI is InChI=1S/C18H26N6O3S.HI/c1-2-19-18(21-9-6-16-5-3-4-8-20-16)23-10-12-24(13-11-23)28(25,26)15-17-7-14-27-22-17;/h3-5,7-8,14H,2,6,9-13,15H2,1H3,(H,19,21);1H. The van der Waals surface area contributed by atoms with Gasteiger partial charge in [-0.1, -0.05) is 11.2 Å². The molecule has 0 amide bonds. The average Bonchev–Trinajstić information content (AvgIpc) is 3.20. The Balaban J connectivity index is 0.00000300. The third-order valence-electron chi connectivity index (χ3n) is 4.44. The molecule has 3 heterocycles. The van der Waals surface area contributed by atoms with Crippen LogP contribution in [-0.4, -0.2) is 73.0 Å². The van der Waals surface area contributed by atoms with Crippen molar-refractivity contribution in [3.05, 3.63) is 48.1 Å². The summed E-state index contributed by atoms with van der Waals surface area (Å²) in [6.07, 6.45) is 3.93. The predicted octanol–water partition coefficient (Wildman–Crippen LogP) is 1.34. The predicted molar refractivity (Wildman–Crippen MR) is 122 cm³/mol. The molecule has 1 fully saturated rings. The number of halogens is 1. The molecule has 2 aromatic rings.